The summed E-state index contributed by atoms with van der Waals surface area (Å²) in [7, 11) is 0. The number of imide groups is 1. The molecule has 5 heteroatoms. The number of nitrogens with zero attached hydrogens (tertiary/aromatic N) is 3. The maximum absolute atomic E-state index is 12.3. The van der Waals surface area contributed by atoms with E-state index in [0.29, 0.717) is 24.9 Å². The molecule has 0 bridgehead atoms. The van der Waals surface area contributed by atoms with E-state index in [4.69, 9.17) is 0 Å². The number of hydrogen-bond donors (Lipinski definition) is 0. The topological polar surface area (TPSA) is 55.2 Å². The monoisotopic (exact) mass is 285 g/mol. The van der Waals surface area contributed by atoms with Gasteiger partial charge in [-0.2, -0.15) is 0 Å². The zero-order valence-electron chi connectivity index (χ0n) is 12.3. The first kappa shape index (κ1) is 15.0. The van der Waals surface area contributed by atoms with E-state index in [2.05, 4.69) is 4.98 Å². The van der Waals surface area contributed by atoms with Crippen LogP contribution in [0.15, 0.2) is 36.8 Å². The van der Waals surface area contributed by atoms with Gasteiger partial charge in [-0.15, -0.1) is 0 Å². The molecule has 0 saturated heterocycles. The lowest BCUT2D eigenvalue weighted by Crippen LogP contribution is -2.31. The largest absolute Gasteiger partial charge is 0.337 e. The van der Waals surface area contributed by atoms with E-state index >= 15 is 0 Å². The molecular weight excluding hydrogens is 266 g/mol. The van der Waals surface area contributed by atoms with Gasteiger partial charge in [-0.05, 0) is 31.9 Å². The summed E-state index contributed by atoms with van der Waals surface area (Å²) in [6.07, 6.45) is 5.00. The third-order valence-corrected chi connectivity index (χ3v) is 3.34. The quantitative estimate of drug-likeness (QED) is 0.764. The number of hydrogen-bond acceptors (Lipinski definition) is 3. The lowest BCUT2D eigenvalue weighted by atomic mass is 10.1. The summed E-state index contributed by atoms with van der Waals surface area (Å²) in [5, 5.41) is 0. The molecule has 1 aromatic carbocycles. The van der Waals surface area contributed by atoms with Gasteiger partial charge in [-0.3, -0.25) is 14.5 Å². The minimum Gasteiger partial charge on any atom is -0.337 e. The zero-order chi connectivity index (χ0) is 15.2. The predicted octanol–water partition coefficient (Wildman–Crippen LogP) is 2.19. The molecule has 0 radical (unpaired) electrons. The van der Waals surface area contributed by atoms with Crippen molar-refractivity contribution in [3.05, 3.63) is 53.6 Å². The predicted molar refractivity (Wildman–Crippen MR) is 79.9 cm³/mol. The summed E-state index contributed by atoms with van der Waals surface area (Å²) in [4.78, 5) is 28.9. The zero-order valence-corrected chi connectivity index (χ0v) is 12.3. The van der Waals surface area contributed by atoms with Crippen molar-refractivity contribution in [1.29, 1.82) is 0 Å². The Kier molecular flexibility index (Phi) is 4.87. The molecule has 0 saturated carbocycles. The SMILES string of the molecule is Cc1cn(CCCN(C=O)C(=O)c2ccccc2C)cn1. The number of carbonyl (C=O) groups is 2. The van der Waals surface area contributed by atoms with Crippen LogP contribution >= 0.6 is 0 Å². The fraction of sp³-hybridized carbons (Fsp3) is 0.312. The van der Waals surface area contributed by atoms with Crippen LogP contribution in [-0.2, 0) is 11.3 Å². The van der Waals surface area contributed by atoms with Gasteiger partial charge in [-0.1, -0.05) is 18.2 Å². The second-order valence-electron chi connectivity index (χ2n) is 5.03. The summed E-state index contributed by atoms with van der Waals surface area (Å²) in [6, 6.07) is 7.29. The minimum atomic E-state index is -0.245. The Hall–Kier alpha value is -2.43. The molecule has 2 aromatic rings. The van der Waals surface area contributed by atoms with Gasteiger partial charge in [0.2, 0.25) is 6.41 Å². The number of carbonyl (C=O) groups excluding carboxylic acids is 2. The molecule has 1 aromatic heterocycles. The molecule has 0 unspecified atom stereocenters. The van der Waals surface area contributed by atoms with Crippen molar-refractivity contribution in [3.63, 3.8) is 0 Å². The van der Waals surface area contributed by atoms with Gasteiger partial charge in [0.05, 0.1) is 12.0 Å². The highest BCUT2D eigenvalue weighted by Crippen LogP contribution is 2.10. The number of aryl methyl sites for hydroxylation is 3. The van der Waals surface area contributed by atoms with Crippen LogP contribution in [0.25, 0.3) is 0 Å². The summed E-state index contributed by atoms with van der Waals surface area (Å²) in [5.74, 6) is -0.245. The average Bonchev–Trinajstić information content (AvgIpc) is 2.89. The van der Waals surface area contributed by atoms with Crippen molar-refractivity contribution in [2.75, 3.05) is 6.54 Å². The van der Waals surface area contributed by atoms with Crippen LogP contribution in [0.3, 0.4) is 0 Å². The smallest absolute Gasteiger partial charge is 0.260 e. The van der Waals surface area contributed by atoms with Crippen molar-refractivity contribution in [1.82, 2.24) is 14.5 Å². The highest BCUT2D eigenvalue weighted by Gasteiger charge is 2.16. The molecule has 1 heterocycles. The van der Waals surface area contributed by atoms with Crippen molar-refractivity contribution < 1.29 is 9.59 Å². The van der Waals surface area contributed by atoms with Gasteiger partial charge >= 0.3 is 0 Å². The normalized spacial score (nSPS) is 10.4. The lowest BCUT2D eigenvalue weighted by molar-refractivity contribution is -0.116. The molecule has 2 amide bonds. The summed E-state index contributed by atoms with van der Waals surface area (Å²) < 4.78 is 1.95. The van der Waals surface area contributed by atoms with Crippen LogP contribution in [-0.4, -0.2) is 33.3 Å². The highest BCUT2D eigenvalue weighted by atomic mass is 16.2. The van der Waals surface area contributed by atoms with Crippen LogP contribution in [0.4, 0.5) is 0 Å². The van der Waals surface area contributed by atoms with E-state index in [-0.39, 0.29) is 5.91 Å². The van der Waals surface area contributed by atoms with Crippen molar-refractivity contribution in [3.8, 4) is 0 Å². The van der Waals surface area contributed by atoms with Crippen LogP contribution in [0.2, 0.25) is 0 Å². The molecule has 5 nitrogen and oxygen atoms in total. The average molecular weight is 285 g/mol. The van der Waals surface area contributed by atoms with Gasteiger partial charge in [0.15, 0.2) is 0 Å². The third kappa shape index (κ3) is 3.78. The van der Waals surface area contributed by atoms with Gasteiger partial charge in [0, 0.05) is 24.8 Å². The Morgan fingerprint density at radius 3 is 2.71 bits per heavy atom. The number of imidazole rings is 1. The van der Waals surface area contributed by atoms with E-state index in [1.54, 1.807) is 18.5 Å². The van der Waals surface area contributed by atoms with Gasteiger partial charge < -0.3 is 4.57 Å². The van der Waals surface area contributed by atoms with Crippen LogP contribution in [0.1, 0.15) is 28.0 Å². The van der Waals surface area contributed by atoms with Gasteiger partial charge in [0.1, 0.15) is 0 Å². The molecule has 0 aliphatic rings. The first-order chi connectivity index (χ1) is 10.1. The molecule has 110 valence electrons. The van der Waals surface area contributed by atoms with Crippen LogP contribution in [0, 0.1) is 13.8 Å². The third-order valence-electron chi connectivity index (χ3n) is 3.34. The Bertz CT molecular complexity index is 634. The summed E-state index contributed by atoms with van der Waals surface area (Å²) in [6.45, 7) is 4.92. The molecule has 0 spiro atoms. The van der Waals surface area contributed by atoms with Crippen molar-refractivity contribution in [2.24, 2.45) is 0 Å². The highest BCUT2D eigenvalue weighted by molar-refractivity contribution is 6.00. The number of benzene rings is 1. The molecule has 2 rings (SSSR count). The van der Waals surface area contributed by atoms with E-state index in [9.17, 15) is 9.59 Å². The second-order valence-corrected chi connectivity index (χ2v) is 5.03. The number of aromatic nitrogens is 2. The first-order valence-electron chi connectivity index (χ1n) is 6.92. The van der Waals surface area contributed by atoms with Crippen LogP contribution < -0.4 is 0 Å². The lowest BCUT2D eigenvalue weighted by Gasteiger charge is -2.16. The molecule has 21 heavy (non-hydrogen) atoms. The molecular formula is C16H19N3O2. The fourth-order valence-corrected chi connectivity index (χ4v) is 2.19. The Balaban J connectivity index is 1.95. The number of amides is 2. The van der Waals surface area contributed by atoms with Crippen LogP contribution in [0.5, 0.6) is 0 Å². The summed E-state index contributed by atoms with van der Waals surface area (Å²) >= 11 is 0. The Morgan fingerprint density at radius 2 is 2.10 bits per heavy atom. The Labute approximate surface area is 124 Å². The summed E-state index contributed by atoms with van der Waals surface area (Å²) in [5.41, 5.74) is 2.40. The van der Waals surface area contributed by atoms with E-state index in [1.807, 2.05) is 36.7 Å². The van der Waals surface area contributed by atoms with Crippen molar-refractivity contribution >= 4 is 12.3 Å². The van der Waals surface area contributed by atoms with Gasteiger partial charge in [-0.25, -0.2) is 4.98 Å². The van der Waals surface area contributed by atoms with E-state index in [0.717, 1.165) is 17.8 Å². The minimum absolute atomic E-state index is 0.245. The molecule has 0 fully saturated rings. The van der Waals surface area contributed by atoms with E-state index < -0.39 is 0 Å². The van der Waals surface area contributed by atoms with Gasteiger partial charge in [0.25, 0.3) is 5.91 Å². The maximum atomic E-state index is 12.3. The first-order valence-corrected chi connectivity index (χ1v) is 6.92. The standard InChI is InChI=1S/C16H19N3O2/c1-13-6-3-4-7-15(13)16(21)19(12-20)9-5-8-18-10-14(2)17-11-18/h3-4,6-7,10-12H,5,8-9H2,1-2H3. The molecule has 0 N–H and O–H groups in total. The number of rotatable bonds is 6. The van der Waals surface area contributed by atoms with Crippen molar-refractivity contribution in [2.45, 2.75) is 26.8 Å². The maximum Gasteiger partial charge on any atom is 0.260 e. The second kappa shape index (κ2) is 6.83. The van der Waals surface area contributed by atoms with E-state index in [1.165, 1.54) is 4.90 Å². The molecule has 0 atom stereocenters. The Morgan fingerprint density at radius 1 is 1.33 bits per heavy atom. The molecule has 0 aliphatic heterocycles. The fourth-order valence-electron chi connectivity index (χ4n) is 2.19. The molecule has 0 aliphatic carbocycles.